The zero-order chi connectivity index (χ0) is 20.4. The summed E-state index contributed by atoms with van der Waals surface area (Å²) < 4.78 is 31.7. The predicted octanol–water partition coefficient (Wildman–Crippen LogP) is 4.01. The molecule has 0 aliphatic rings. The van der Waals surface area contributed by atoms with Crippen molar-refractivity contribution in [1.82, 2.24) is 0 Å². The second kappa shape index (κ2) is 11.8. The maximum atomic E-state index is 11.7. The molecular weight excluding hydrogens is 430 g/mol. The third kappa shape index (κ3) is 8.87. The Labute approximate surface area is 172 Å². The van der Waals surface area contributed by atoms with Gasteiger partial charge in [0, 0.05) is 10.0 Å². The second-order valence-corrected chi connectivity index (χ2v) is 7.35. The van der Waals surface area contributed by atoms with Gasteiger partial charge in [-0.05, 0) is 36.4 Å². The van der Waals surface area contributed by atoms with Crippen LogP contribution in [0.1, 0.15) is 0 Å². The number of ether oxygens (including phenoxy) is 2. The summed E-state index contributed by atoms with van der Waals surface area (Å²) in [5, 5.41) is 0.951. The molecule has 28 heavy (non-hydrogen) atoms. The second-order valence-electron chi connectivity index (χ2n) is 5.40. The average Bonchev–Trinajstić information content (AvgIpc) is 2.67. The molecule has 0 bridgehead atoms. The number of hydrogen-bond acceptors (Lipinski definition) is 7. The highest BCUT2D eigenvalue weighted by atomic mass is 35.5. The van der Waals surface area contributed by atoms with Crippen LogP contribution in [-0.2, 0) is 23.2 Å². The number of rotatable bonds is 12. The molecule has 2 aromatic rings. The minimum atomic E-state index is -3.00. The third-order valence-electron chi connectivity index (χ3n) is 3.09. The molecule has 0 spiro atoms. The summed E-state index contributed by atoms with van der Waals surface area (Å²) in [7, 11) is -3.00. The molecule has 7 nitrogen and oxygen atoms in total. The van der Waals surface area contributed by atoms with Crippen LogP contribution in [0.25, 0.3) is 0 Å². The third-order valence-corrected chi connectivity index (χ3v) is 4.32. The summed E-state index contributed by atoms with van der Waals surface area (Å²) >= 11 is 11.6. The van der Waals surface area contributed by atoms with Crippen LogP contribution in [0.4, 0.5) is 0 Å². The molecule has 0 aromatic heterocycles. The Balaban J connectivity index is 1.59. The summed E-state index contributed by atoms with van der Waals surface area (Å²) in [6, 6.07) is 13.1. The molecule has 0 saturated heterocycles. The van der Waals surface area contributed by atoms with Crippen LogP contribution < -0.4 is 9.47 Å². The molecule has 0 N–H and O–H groups in total. The van der Waals surface area contributed by atoms with Crippen molar-refractivity contribution in [3.8, 4) is 11.5 Å². The first-order chi connectivity index (χ1) is 13.4. The van der Waals surface area contributed by atoms with E-state index in [1.807, 2.05) is 0 Å². The molecule has 0 saturated carbocycles. The van der Waals surface area contributed by atoms with Gasteiger partial charge in [-0.25, -0.2) is 0 Å². The van der Waals surface area contributed by atoms with E-state index in [2.05, 4.69) is 0 Å². The standard InChI is InChI=1S/C18H17Cl2O7P/c19-13-3-1-5-17(7-13)24-9-15(21)11-26-28(23)27-12-16(22)10-25-18-6-2-4-14(20)8-18/h1-8,28H,9-12H2. The van der Waals surface area contributed by atoms with Crippen LogP contribution in [0.3, 0.4) is 0 Å². The van der Waals surface area contributed by atoms with Gasteiger partial charge >= 0.3 is 8.25 Å². The fourth-order valence-corrected chi connectivity index (χ4v) is 2.85. The minimum Gasteiger partial charge on any atom is -0.486 e. The molecule has 0 atom stereocenters. The number of halogens is 2. The van der Waals surface area contributed by atoms with Crippen molar-refractivity contribution < 1.29 is 32.7 Å². The summed E-state index contributed by atoms with van der Waals surface area (Å²) in [5.74, 6) is -0.0415. The number of carbonyl (C=O) groups is 2. The lowest BCUT2D eigenvalue weighted by Gasteiger charge is -2.08. The maximum Gasteiger partial charge on any atom is 0.319 e. The first kappa shape index (κ1) is 22.4. The fraction of sp³-hybridized carbons (Fsp3) is 0.222. The van der Waals surface area contributed by atoms with Gasteiger partial charge in [0.25, 0.3) is 0 Å². The molecule has 0 unspecified atom stereocenters. The van der Waals surface area contributed by atoms with E-state index in [0.29, 0.717) is 21.5 Å². The van der Waals surface area contributed by atoms with Crippen LogP contribution in [0.15, 0.2) is 48.5 Å². The van der Waals surface area contributed by atoms with E-state index < -0.39 is 33.0 Å². The van der Waals surface area contributed by atoms with Crippen molar-refractivity contribution in [2.75, 3.05) is 26.4 Å². The van der Waals surface area contributed by atoms with Crippen molar-refractivity contribution >= 4 is 43.0 Å². The fourth-order valence-electron chi connectivity index (χ4n) is 1.85. The van der Waals surface area contributed by atoms with Crippen molar-refractivity contribution in [1.29, 1.82) is 0 Å². The Morgan fingerprint density at radius 1 is 0.750 bits per heavy atom. The maximum absolute atomic E-state index is 11.7. The normalized spacial score (nSPS) is 10.7. The number of carbonyl (C=O) groups excluding carboxylic acids is 2. The SMILES string of the molecule is O=C(COc1cccc(Cl)c1)CO[PH](=O)OCC(=O)COc1cccc(Cl)c1. The van der Waals surface area contributed by atoms with E-state index in [1.165, 1.54) is 0 Å². The monoisotopic (exact) mass is 446 g/mol. The number of benzene rings is 2. The Kier molecular flexibility index (Phi) is 9.47. The van der Waals surface area contributed by atoms with Crippen molar-refractivity contribution in [2.45, 2.75) is 0 Å². The Morgan fingerprint density at radius 2 is 1.18 bits per heavy atom. The molecule has 0 fully saturated rings. The summed E-state index contributed by atoms with van der Waals surface area (Å²) in [5.41, 5.74) is 0. The first-order valence-electron chi connectivity index (χ1n) is 8.02. The number of ketones is 2. The molecular formula is C18H17Cl2O7P. The Morgan fingerprint density at radius 3 is 1.57 bits per heavy atom. The van der Waals surface area contributed by atoms with E-state index in [1.54, 1.807) is 48.5 Å². The lowest BCUT2D eigenvalue weighted by atomic mass is 10.3. The van der Waals surface area contributed by atoms with E-state index in [0.717, 1.165) is 0 Å². The molecule has 2 aromatic carbocycles. The quantitative estimate of drug-likeness (QED) is 0.455. The molecule has 0 amide bonds. The lowest BCUT2D eigenvalue weighted by molar-refractivity contribution is -0.123. The van der Waals surface area contributed by atoms with E-state index in [9.17, 15) is 14.2 Å². The highest BCUT2D eigenvalue weighted by Gasteiger charge is 2.10. The molecule has 0 aliphatic carbocycles. The molecule has 2 rings (SSSR count). The van der Waals surface area contributed by atoms with E-state index in [-0.39, 0.29) is 13.2 Å². The molecule has 150 valence electrons. The van der Waals surface area contributed by atoms with Crippen LogP contribution >= 0.6 is 31.5 Å². The van der Waals surface area contributed by atoms with E-state index >= 15 is 0 Å². The van der Waals surface area contributed by atoms with Crippen molar-refractivity contribution in [3.63, 3.8) is 0 Å². The van der Waals surface area contributed by atoms with Gasteiger partial charge in [0.15, 0.2) is 11.6 Å². The van der Waals surface area contributed by atoms with Gasteiger partial charge in [0.1, 0.15) is 37.9 Å². The molecule has 0 heterocycles. The highest BCUT2D eigenvalue weighted by molar-refractivity contribution is 7.33. The smallest absolute Gasteiger partial charge is 0.319 e. The Hall–Kier alpha value is -1.89. The van der Waals surface area contributed by atoms with E-state index in [4.69, 9.17) is 41.7 Å². The summed E-state index contributed by atoms with van der Waals surface area (Å²) in [4.78, 5) is 23.3. The van der Waals surface area contributed by atoms with Crippen LogP contribution in [-0.4, -0.2) is 38.0 Å². The van der Waals surface area contributed by atoms with Gasteiger partial charge in [-0.15, -0.1) is 0 Å². The van der Waals surface area contributed by atoms with Gasteiger partial charge in [-0.1, -0.05) is 35.3 Å². The van der Waals surface area contributed by atoms with Crippen LogP contribution in [0.5, 0.6) is 11.5 Å². The van der Waals surface area contributed by atoms with Crippen LogP contribution in [0, 0.1) is 0 Å². The largest absolute Gasteiger partial charge is 0.486 e. The van der Waals surface area contributed by atoms with Crippen LogP contribution in [0.2, 0.25) is 10.0 Å². The van der Waals surface area contributed by atoms with Gasteiger partial charge in [-0.3, -0.25) is 14.2 Å². The first-order valence-corrected chi connectivity index (χ1v) is 10.00. The van der Waals surface area contributed by atoms with Crippen molar-refractivity contribution in [2.24, 2.45) is 0 Å². The zero-order valence-electron chi connectivity index (χ0n) is 14.6. The van der Waals surface area contributed by atoms with Gasteiger partial charge in [-0.2, -0.15) is 0 Å². The highest BCUT2D eigenvalue weighted by Crippen LogP contribution is 2.23. The molecule has 10 heteroatoms. The van der Waals surface area contributed by atoms with Gasteiger partial charge in [0.2, 0.25) is 0 Å². The predicted molar refractivity (Wildman–Crippen MR) is 105 cm³/mol. The van der Waals surface area contributed by atoms with Gasteiger partial charge in [0.05, 0.1) is 0 Å². The van der Waals surface area contributed by atoms with Gasteiger partial charge < -0.3 is 18.5 Å². The van der Waals surface area contributed by atoms with Crippen molar-refractivity contribution in [3.05, 3.63) is 58.6 Å². The zero-order valence-corrected chi connectivity index (χ0v) is 17.1. The average molecular weight is 447 g/mol. The number of Topliss-reactive ketones (excluding diaryl/α,β-unsaturated/α-hetero) is 2. The summed E-state index contributed by atoms with van der Waals surface area (Å²) in [6.45, 7) is -1.49. The molecule has 0 radical (unpaired) electrons. The Bertz CT molecular complexity index is 777. The molecule has 0 aliphatic heterocycles. The minimum absolute atomic E-state index is 0.276. The summed E-state index contributed by atoms with van der Waals surface area (Å²) in [6.07, 6.45) is 0. The lowest BCUT2D eigenvalue weighted by Crippen LogP contribution is -2.17. The number of hydrogen-bond donors (Lipinski definition) is 0. The topological polar surface area (TPSA) is 88.1 Å².